The average molecular weight is 597 g/mol. The molecule has 6 aromatic carbocycles. The lowest BCUT2D eigenvalue weighted by Gasteiger charge is -2.33. The minimum absolute atomic E-state index is 0.426. The van der Waals surface area contributed by atoms with Gasteiger partial charge < -0.3 is 4.57 Å². The van der Waals surface area contributed by atoms with Gasteiger partial charge in [-0.05, 0) is 63.7 Å². The van der Waals surface area contributed by atoms with Crippen LogP contribution in [0, 0.1) is 0 Å². The molecule has 1 aliphatic rings. The molecule has 1 aromatic heterocycles. The van der Waals surface area contributed by atoms with Crippen molar-refractivity contribution in [2.45, 2.75) is 5.41 Å². The van der Waals surface area contributed by atoms with E-state index in [1.54, 1.807) is 0 Å². The minimum atomic E-state index is -0.426. The van der Waals surface area contributed by atoms with E-state index in [4.69, 9.17) is 11.6 Å². The lowest BCUT2D eigenvalue weighted by molar-refractivity contribution is 0.769. The molecule has 7 aromatic rings. The van der Waals surface area contributed by atoms with Gasteiger partial charge in [-0.15, -0.1) is 0 Å². The fraction of sp³-hybridized carbons (Fsp3) is 0.0270. The Kier molecular flexibility index (Phi) is 5.32. The van der Waals surface area contributed by atoms with Crippen molar-refractivity contribution >= 4 is 49.3 Å². The predicted molar refractivity (Wildman–Crippen MR) is 171 cm³/mol. The number of fused-ring (bicyclic) bond motifs is 7. The maximum atomic E-state index is 6.56. The summed E-state index contributed by atoms with van der Waals surface area (Å²) in [5.74, 6) is 0. The summed E-state index contributed by atoms with van der Waals surface area (Å²) < 4.78 is 3.30. The summed E-state index contributed by atoms with van der Waals surface area (Å²) in [5.41, 5.74) is 10.7. The van der Waals surface area contributed by atoms with E-state index in [1.165, 1.54) is 49.7 Å². The molecule has 40 heavy (non-hydrogen) atoms. The van der Waals surface area contributed by atoms with Gasteiger partial charge in [0.2, 0.25) is 0 Å². The van der Waals surface area contributed by atoms with Gasteiger partial charge in [-0.3, -0.25) is 0 Å². The summed E-state index contributed by atoms with van der Waals surface area (Å²) >= 11 is 10.2. The van der Waals surface area contributed by atoms with E-state index < -0.39 is 5.41 Å². The number of hydrogen-bond acceptors (Lipinski definition) is 0. The second kappa shape index (κ2) is 8.96. The molecule has 0 saturated heterocycles. The molecule has 0 N–H and O–H groups in total. The summed E-state index contributed by atoms with van der Waals surface area (Å²) in [6.07, 6.45) is 0. The fourth-order valence-corrected chi connectivity index (χ4v) is 7.78. The van der Waals surface area contributed by atoms with E-state index in [1.807, 2.05) is 12.1 Å². The van der Waals surface area contributed by atoms with E-state index >= 15 is 0 Å². The van der Waals surface area contributed by atoms with Crippen LogP contribution < -0.4 is 0 Å². The molecule has 8 rings (SSSR count). The third-order valence-electron chi connectivity index (χ3n) is 8.36. The standard InChI is InChI=1S/C37H23BrClN/c38-26-21-27(39)23-28(22-26)40-33-18-10-8-16-30(33)36-34(40)20-19-32-35(36)29-15-7-9-17-31(29)37(32,24-11-3-1-4-12-24)25-13-5-2-6-14-25/h1-23H. The van der Waals surface area contributed by atoms with Crippen molar-refractivity contribution in [3.8, 4) is 16.8 Å². The highest BCUT2D eigenvalue weighted by Gasteiger charge is 2.46. The van der Waals surface area contributed by atoms with Gasteiger partial charge in [-0.1, -0.05) is 137 Å². The maximum Gasteiger partial charge on any atom is 0.0713 e. The summed E-state index contributed by atoms with van der Waals surface area (Å²) in [5, 5.41) is 3.21. The van der Waals surface area contributed by atoms with Crippen LogP contribution in [0.2, 0.25) is 5.02 Å². The van der Waals surface area contributed by atoms with Crippen LogP contribution >= 0.6 is 27.5 Å². The van der Waals surface area contributed by atoms with E-state index in [2.05, 4.69) is 148 Å². The number of aromatic nitrogens is 1. The maximum absolute atomic E-state index is 6.56. The number of hydrogen-bond donors (Lipinski definition) is 0. The van der Waals surface area contributed by atoms with E-state index in [0.29, 0.717) is 5.02 Å². The van der Waals surface area contributed by atoms with Crippen molar-refractivity contribution in [2.75, 3.05) is 0 Å². The summed E-state index contributed by atoms with van der Waals surface area (Å²) in [6, 6.07) is 50.3. The Bertz CT molecular complexity index is 2020. The Hall–Kier alpha value is -4.11. The smallest absolute Gasteiger partial charge is 0.0713 e. The van der Waals surface area contributed by atoms with Crippen LogP contribution in [-0.2, 0) is 5.41 Å². The van der Waals surface area contributed by atoms with E-state index in [-0.39, 0.29) is 0 Å². The second-order valence-electron chi connectivity index (χ2n) is 10.4. The molecule has 0 atom stereocenters. The SMILES string of the molecule is Clc1cc(Br)cc(-n2c3ccccc3c3c4c(ccc32)C(c2ccccc2)(c2ccccc2)c2ccccc2-4)c1. The van der Waals surface area contributed by atoms with Crippen LogP contribution in [0.15, 0.2) is 144 Å². The van der Waals surface area contributed by atoms with Crippen LogP contribution in [0.4, 0.5) is 0 Å². The second-order valence-corrected chi connectivity index (χ2v) is 11.7. The van der Waals surface area contributed by atoms with Gasteiger partial charge in [0.25, 0.3) is 0 Å². The lowest BCUT2D eigenvalue weighted by atomic mass is 9.67. The largest absolute Gasteiger partial charge is 0.309 e. The Morgan fingerprint density at radius 1 is 0.575 bits per heavy atom. The van der Waals surface area contributed by atoms with Gasteiger partial charge in [0.15, 0.2) is 0 Å². The van der Waals surface area contributed by atoms with Crippen molar-refractivity contribution in [3.63, 3.8) is 0 Å². The van der Waals surface area contributed by atoms with Crippen LogP contribution in [-0.4, -0.2) is 4.57 Å². The summed E-state index contributed by atoms with van der Waals surface area (Å²) in [6.45, 7) is 0. The third kappa shape index (κ3) is 3.21. The quantitative estimate of drug-likeness (QED) is 0.191. The molecular weight excluding hydrogens is 574 g/mol. The van der Waals surface area contributed by atoms with Gasteiger partial charge in [0.05, 0.1) is 16.4 Å². The number of para-hydroxylation sites is 1. The van der Waals surface area contributed by atoms with Crippen molar-refractivity contribution in [1.29, 1.82) is 0 Å². The van der Waals surface area contributed by atoms with Crippen LogP contribution in [0.5, 0.6) is 0 Å². The zero-order valence-corrected chi connectivity index (χ0v) is 23.8. The van der Waals surface area contributed by atoms with Crippen LogP contribution in [0.1, 0.15) is 22.3 Å². The first-order valence-corrected chi connectivity index (χ1v) is 14.6. The van der Waals surface area contributed by atoms with E-state index in [9.17, 15) is 0 Å². The normalized spacial score (nSPS) is 13.4. The first-order valence-electron chi connectivity index (χ1n) is 13.4. The van der Waals surface area contributed by atoms with Gasteiger partial charge in [0, 0.05) is 26.0 Å². The fourth-order valence-electron chi connectivity index (χ4n) is 6.94. The molecule has 3 heteroatoms. The molecule has 0 fully saturated rings. The molecule has 1 nitrogen and oxygen atoms in total. The summed E-state index contributed by atoms with van der Waals surface area (Å²) in [7, 11) is 0. The zero-order chi connectivity index (χ0) is 26.8. The minimum Gasteiger partial charge on any atom is -0.309 e. The van der Waals surface area contributed by atoms with E-state index in [0.717, 1.165) is 15.7 Å². The van der Waals surface area contributed by atoms with Gasteiger partial charge in [0.1, 0.15) is 0 Å². The molecule has 1 heterocycles. The van der Waals surface area contributed by atoms with Crippen molar-refractivity contribution in [2.24, 2.45) is 0 Å². The van der Waals surface area contributed by atoms with Crippen LogP contribution in [0.3, 0.4) is 0 Å². The highest BCUT2D eigenvalue weighted by molar-refractivity contribution is 9.10. The Morgan fingerprint density at radius 2 is 1.23 bits per heavy atom. The number of nitrogens with zero attached hydrogens (tertiary/aromatic N) is 1. The Morgan fingerprint density at radius 3 is 1.95 bits per heavy atom. The van der Waals surface area contributed by atoms with Gasteiger partial charge >= 0.3 is 0 Å². The molecule has 0 radical (unpaired) electrons. The van der Waals surface area contributed by atoms with Gasteiger partial charge in [-0.2, -0.15) is 0 Å². The highest BCUT2D eigenvalue weighted by Crippen LogP contribution is 2.58. The van der Waals surface area contributed by atoms with Crippen molar-refractivity contribution in [1.82, 2.24) is 4.57 Å². The number of halogens is 2. The summed E-state index contributed by atoms with van der Waals surface area (Å²) in [4.78, 5) is 0. The predicted octanol–water partition coefficient (Wildman–Crippen LogP) is 10.6. The lowest BCUT2D eigenvalue weighted by Crippen LogP contribution is -2.28. The van der Waals surface area contributed by atoms with Crippen LogP contribution in [0.25, 0.3) is 38.6 Å². The molecule has 0 aliphatic heterocycles. The molecule has 1 aliphatic carbocycles. The molecule has 0 bridgehead atoms. The van der Waals surface area contributed by atoms with Crippen molar-refractivity contribution < 1.29 is 0 Å². The first kappa shape index (κ1) is 23.7. The monoisotopic (exact) mass is 595 g/mol. The Balaban J connectivity index is 1.58. The Labute approximate surface area is 246 Å². The molecule has 0 unspecified atom stereocenters. The first-order chi connectivity index (χ1) is 19.7. The average Bonchev–Trinajstić information content (AvgIpc) is 3.48. The zero-order valence-electron chi connectivity index (χ0n) is 21.5. The van der Waals surface area contributed by atoms with Gasteiger partial charge in [-0.25, -0.2) is 0 Å². The third-order valence-corrected chi connectivity index (χ3v) is 9.04. The molecule has 0 saturated carbocycles. The van der Waals surface area contributed by atoms with Crippen molar-refractivity contribution in [3.05, 3.63) is 171 Å². The number of rotatable bonds is 3. The number of benzene rings is 6. The molecule has 190 valence electrons. The molecule has 0 spiro atoms. The molecular formula is C37H23BrClN. The molecule has 0 amide bonds. The topological polar surface area (TPSA) is 4.93 Å². The highest BCUT2D eigenvalue weighted by atomic mass is 79.9.